The zero-order chi connectivity index (χ0) is 21.1. The number of aromatic amines is 1. The zero-order valence-electron chi connectivity index (χ0n) is 17.7. The number of benzene rings is 2. The first-order chi connectivity index (χ1) is 14.5. The van der Waals surface area contributed by atoms with Crippen molar-refractivity contribution in [3.8, 4) is 17.0 Å². The minimum absolute atomic E-state index is 0.0277. The fourth-order valence-electron chi connectivity index (χ4n) is 4.12. The lowest BCUT2D eigenvalue weighted by molar-refractivity contribution is 0.194. The molecule has 0 aliphatic carbocycles. The molecule has 1 aliphatic rings. The van der Waals surface area contributed by atoms with Crippen LogP contribution < -0.4 is 10.1 Å². The maximum atomic E-state index is 12.7. The van der Waals surface area contributed by atoms with E-state index in [9.17, 15) is 4.79 Å². The number of H-pyrrole nitrogens is 1. The molecule has 2 heterocycles. The number of urea groups is 1. The number of nitrogens with zero attached hydrogens (tertiary/aromatic N) is 2. The summed E-state index contributed by atoms with van der Waals surface area (Å²) in [7, 11) is 1.67. The van der Waals surface area contributed by atoms with Crippen molar-refractivity contribution in [1.29, 1.82) is 0 Å². The molecule has 6 nitrogen and oxygen atoms in total. The summed E-state index contributed by atoms with van der Waals surface area (Å²) in [6.07, 6.45) is 1.83. The molecule has 4 rings (SSSR count). The molecular formula is C24H28N4O2. The van der Waals surface area contributed by atoms with Crippen molar-refractivity contribution in [2.45, 2.75) is 32.6 Å². The second-order valence-electron chi connectivity index (χ2n) is 8.01. The van der Waals surface area contributed by atoms with Crippen LogP contribution in [0.3, 0.4) is 0 Å². The topological polar surface area (TPSA) is 70.2 Å². The number of aryl methyl sites for hydroxylation is 2. The summed E-state index contributed by atoms with van der Waals surface area (Å²) in [5, 5.41) is 10.7. The number of hydrogen-bond acceptors (Lipinski definition) is 3. The van der Waals surface area contributed by atoms with Gasteiger partial charge in [0.2, 0.25) is 0 Å². The van der Waals surface area contributed by atoms with E-state index < -0.39 is 0 Å². The van der Waals surface area contributed by atoms with Gasteiger partial charge in [-0.05, 0) is 68.1 Å². The molecule has 6 heteroatoms. The molecule has 1 fully saturated rings. The Morgan fingerprint density at radius 2 is 1.83 bits per heavy atom. The molecule has 0 spiro atoms. The van der Waals surface area contributed by atoms with E-state index in [1.165, 1.54) is 0 Å². The van der Waals surface area contributed by atoms with E-state index in [-0.39, 0.29) is 6.03 Å². The summed E-state index contributed by atoms with van der Waals surface area (Å²) in [6, 6.07) is 16.1. The average Bonchev–Trinajstić information content (AvgIpc) is 3.23. The molecule has 0 atom stereocenters. The fraction of sp³-hybridized carbons (Fsp3) is 0.333. The van der Waals surface area contributed by atoms with Crippen LogP contribution in [0.1, 0.15) is 35.6 Å². The first-order valence-corrected chi connectivity index (χ1v) is 10.4. The van der Waals surface area contributed by atoms with Gasteiger partial charge in [0, 0.05) is 36.0 Å². The smallest absolute Gasteiger partial charge is 0.321 e. The Kier molecular flexibility index (Phi) is 5.74. The van der Waals surface area contributed by atoms with Gasteiger partial charge in [0.15, 0.2) is 0 Å². The minimum atomic E-state index is -0.0277. The third-order valence-electron chi connectivity index (χ3n) is 5.66. The highest BCUT2D eigenvalue weighted by atomic mass is 16.5. The van der Waals surface area contributed by atoms with Crippen LogP contribution in [-0.4, -0.2) is 41.3 Å². The Bertz CT molecular complexity index is 1010. The zero-order valence-corrected chi connectivity index (χ0v) is 17.7. The lowest BCUT2D eigenvalue weighted by Crippen LogP contribution is -2.40. The van der Waals surface area contributed by atoms with Crippen LogP contribution in [0.4, 0.5) is 10.5 Å². The number of anilines is 1. The lowest BCUT2D eigenvalue weighted by Gasteiger charge is -2.31. The number of amides is 2. The number of ether oxygens (including phenoxy) is 1. The highest BCUT2D eigenvalue weighted by molar-refractivity contribution is 5.89. The van der Waals surface area contributed by atoms with Crippen molar-refractivity contribution in [2.24, 2.45) is 0 Å². The third kappa shape index (κ3) is 4.48. The molecule has 30 heavy (non-hydrogen) atoms. The molecule has 1 aliphatic heterocycles. The highest BCUT2D eigenvalue weighted by Crippen LogP contribution is 2.30. The number of carbonyl (C=O) groups excluding carboxylic acids is 1. The second-order valence-corrected chi connectivity index (χ2v) is 8.01. The number of likely N-dealkylation sites (tertiary alicyclic amines) is 1. The summed E-state index contributed by atoms with van der Waals surface area (Å²) < 4.78 is 5.31. The van der Waals surface area contributed by atoms with Crippen LogP contribution in [0.15, 0.2) is 48.5 Å². The Morgan fingerprint density at radius 3 is 2.53 bits per heavy atom. The predicted octanol–water partition coefficient (Wildman–Crippen LogP) is 5.11. The van der Waals surface area contributed by atoms with Crippen LogP contribution in [-0.2, 0) is 0 Å². The molecule has 0 radical (unpaired) electrons. The number of methoxy groups -OCH3 is 1. The molecule has 2 amide bonds. The number of carbonyl (C=O) groups is 1. The summed E-state index contributed by atoms with van der Waals surface area (Å²) in [6.45, 7) is 5.54. The van der Waals surface area contributed by atoms with E-state index in [1.807, 2.05) is 55.1 Å². The molecule has 1 aromatic heterocycles. The standard InChI is InChI=1S/C24H28N4O2/c1-16-11-17(2)13-20(12-16)25-24(29)28-9-7-18(8-10-28)22-15-23(27-26-22)19-5-4-6-21(14-19)30-3/h4-6,11-15,18H,7-10H2,1-3H3,(H,25,29)(H,26,27). The molecule has 156 valence electrons. The van der Waals surface area contributed by atoms with Crippen LogP contribution in [0, 0.1) is 13.8 Å². The summed E-state index contributed by atoms with van der Waals surface area (Å²) in [5.74, 6) is 1.20. The van der Waals surface area contributed by atoms with Crippen LogP contribution in [0.2, 0.25) is 0 Å². The van der Waals surface area contributed by atoms with E-state index in [0.29, 0.717) is 5.92 Å². The first-order valence-electron chi connectivity index (χ1n) is 10.4. The van der Waals surface area contributed by atoms with Gasteiger partial charge in [0.1, 0.15) is 5.75 Å². The molecule has 0 saturated carbocycles. The largest absolute Gasteiger partial charge is 0.497 e. The predicted molar refractivity (Wildman–Crippen MR) is 119 cm³/mol. The van der Waals surface area contributed by atoms with Gasteiger partial charge in [-0.1, -0.05) is 18.2 Å². The Balaban J connectivity index is 1.36. The summed E-state index contributed by atoms with van der Waals surface area (Å²) in [4.78, 5) is 14.6. The third-order valence-corrected chi connectivity index (χ3v) is 5.66. The average molecular weight is 405 g/mol. The SMILES string of the molecule is COc1cccc(-c2cc(C3CCN(C(=O)Nc4cc(C)cc(C)c4)CC3)[nH]n2)c1. The first kappa shape index (κ1) is 20.0. The van der Waals surface area contributed by atoms with Crippen LogP contribution >= 0.6 is 0 Å². The molecule has 1 saturated heterocycles. The highest BCUT2D eigenvalue weighted by Gasteiger charge is 2.25. The maximum Gasteiger partial charge on any atom is 0.321 e. The minimum Gasteiger partial charge on any atom is -0.497 e. The van der Waals surface area contributed by atoms with Crippen molar-refractivity contribution in [3.05, 3.63) is 65.4 Å². The summed E-state index contributed by atoms with van der Waals surface area (Å²) in [5.41, 5.74) is 6.23. The number of hydrogen-bond donors (Lipinski definition) is 2. The molecule has 2 aromatic carbocycles. The normalized spacial score (nSPS) is 14.6. The lowest BCUT2D eigenvalue weighted by atomic mass is 9.93. The second kappa shape index (κ2) is 8.61. The Hall–Kier alpha value is -3.28. The van der Waals surface area contributed by atoms with Crippen molar-refractivity contribution >= 4 is 11.7 Å². The molecule has 3 aromatic rings. The van der Waals surface area contributed by atoms with Gasteiger partial charge in [-0.15, -0.1) is 0 Å². The van der Waals surface area contributed by atoms with E-state index in [1.54, 1.807) is 7.11 Å². The fourth-order valence-corrected chi connectivity index (χ4v) is 4.12. The van der Waals surface area contributed by atoms with Crippen LogP contribution in [0.5, 0.6) is 5.75 Å². The Morgan fingerprint density at radius 1 is 1.10 bits per heavy atom. The van der Waals surface area contributed by atoms with Gasteiger partial charge in [0.25, 0.3) is 0 Å². The number of nitrogens with one attached hydrogen (secondary N) is 2. The number of piperidine rings is 1. The van der Waals surface area contributed by atoms with Gasteiger partial charge in [-0.2, -0.15) is 5.10 Å². The number of rotatable bonds is 4. The van der Waals surface area contributed by atoms with Crippen molar-refractivity contribution in [3.63, 3.8) is 0 Å². The number of aromatic nitrogens is 2. The van der Waals surface area contributed by atoms with E-state index >= 15 is 0 Å². The quantitative estimate of drug-likeness (QED) is 0.634. The van der Waals surface area contributed by atoms with E-state index in [4.69, 9.17) is 4.74 Å². The molecule has 0 bridgehead atoms. The van der Waals surface area contributed by atoms with E-state index in [2.05, 4.69) is 27.6 Å². The van der Waals surface area contributed by atoms with Crippen molar-refractivity contribution in [2.75, 3.05) is 25.5 Å². The Labute approximate surface area is 177 Å². The molecular weight excluding hydrogens is 376 g/mol. The van der Waals surface area contributed by atoms with Gasteiger partial charge >= 0.3 is 6.03 Å². The van der Waals surface area contributed by atoms with Crippen LogP contribution in [0.25, 0.3) is 11.3 Å². The van der Waals surface area contributed by atoms with E-state index in [0.717, 1.165) is 65.4 Å². The molecule has 2 N–H and O–H groups in total. The van der Waals surface area contributed by atoms with Gasteiger partial charge in [-0.25, -0.2) is 4.79 Å². The summed E-state index contributed by atoms with van der Waals surface area (Å²) >= 11 is 0. The van der Waals surface area contributed by atoms with Gasteiger partial charge in [-0.3, -0.25) is 5.10 Å². The van der Waals surface area contributed by atoms with Crippen molar-refractivity contribution < 1.29 is 9.53 Å². The van der Waals surface area contributed by atoms with Crippen molar-refractivity contribution in [1.82, 2.24) is 15.1 Å². The van der Waals surface area contributed by atoms with Gasteiger partial charge in [0.05, 0.1) is 12.8 Å². The molecule has 0 unspecified atom stereocenters. The van der Waals surface area contributed by atoms with Gasteiger partial charge < -0.3 is 15.0 Å². The monoisotopic (exact) mass is 404 g/mol. The maximum absolute atomic E-state index is 12.7.